The Bertz CT molecular complexity index is 3130. The fourth-order valence-corrected chi connectivity index (χ4v) is 9.75. The summed E-state index contributed by atoms with van der Waals surface area (Å²) in [6, 6.07) is 63.9. The number of anilines is 2. The molecular formula is C52H35NOS. The third-order valence-electron chi connectivity index (χ3n) is 11.2. The molecule has 0 radical (unpaired) electrons. The minimum Gasteiger partial charge on any atom is -0.456 e. The summed E-state index contributed by atoms with van der Waals surface area (Å²) in [5.41, 5.74) is 11.6. The molecule has 0 amide bonds. The van der Waals surface area contributed by atoms with Crippen LogP contribution in [0.3, 0.4) is 0 Å². The van der Waals surface area contributed by atoms with Gasteiger partial charge >= 0.3 is 0 Å². The monoisotopic (exact) mass is 721 g/mol. The lowest BCUT2D eigenvalue weighted by Crippen LogP contribution is -2.30. The molecule has 2 aromatic heterocycles. The van der Waals surface area contributed by atoms with Crippen molar-refractivity contribution in [2.75, 3.05) is 4.90 Å². The molecule has 3 heteroatoms. The molecule has 1 atom stereocenters. The largest absolute Gasteiger partial charge is 0.456 e. The summed E-state index contributed by atoms with van der Waals surface area (Å²) >= 11 is 1.88. The van der Waals surface area contributed by atoms with Crippen molar-refractivity contribution in [2.24, 2.45) is 0 Å². The van der Waals surface area contributed by atoms with Crippen molar-refractivity contribution in [3.05, 3.63) is 200 Å². The van der Waals surface area contributed by atoms with E-state index in [1.54, 1.807) is 0 Å². The molecule has 1 aliphatic rings. The third-order valence-corrected chi connectivity index (χ3v) is 12.4. The number of benzene rings is 8. The molecule has 11 rings (SSSR count). The second-order valence-electron chi connectivity index (χ2n) is 14.4. The van der Waals surface area contributed by atoms with E-state index < -0.39 is 0 Å². The molecule has 55 heavy (non-hydrogen) atoms. The van der Waals surface area contributed by atoms with Crippen LogP contribution in [0.4, 0.5) is 11.4 Å². The molecule has 1 aliphatic carbocycles. The van der Waals surface area contributed by atoms with Crippen molar-refractivity contribution in [3.63, 3.8) is 0 Å². The number of para-hydroxylation sites is 1. The second-order valence-corrected chi connectivity index (χ2v) is 15.5. The van der Waals surface area contributed by atoms with Gasteiger partial charge in [0.25, 0.3) is 0 Å². The van der Waals surface area contributed by atoms with E-state index >= 15 is 0 Å². The van der Waals surface area contributed by atoms with Gasteiger partial charge in [0.15, 0.2) is 0 Å². The average Bonchev–Trinajstić information content (AvgIpc) is 3.84. The highest BCUT2D eigenvalue weighted by Gasteiger charge is 2.22. The molecule has 0 bridgehead atoms. The van der Waals surface area contributed by atoms with E-state index in [9.17, 15) is 0 Å². The van der Waals surface area contributed by atoms with Gasteiger partial charge in [0, 0.05) is 42.3 Å². The lowest BCUT2D eigenvalue weighted by atomic mass is 9.93. The van der Waals surface area contributed by atoms with Crippen molar-refractivity contribution in [1.82, 2.24) is 0 Å². The minimum atomic E-state index is 0.131. The minimum absolute atomic E-state index is 0.131. The maximum Gasteiger partial charge on any atom is 0.136 e. The molecule has 8 aromatic carbocycles. The van der Waals surface area contributed by atoms with Crippen LogP contribution in [0.25, 0.3) is 80.7 Å². The lowest BCUT2D eigenvalue weighted by Gasteiger charge is -2.33. The van der Waals surface area contributed by atoms with Crippen molar-refractivity contribution < 1.29 is 4.42 Å². The van der Waals surface area contributed by atoms with Crippen LogP contribution in [-0.2, 0) is 0 Å². The van der Waals surface area contributed by atoms with Crippen LogP contribution in [0, 0.1) is 0 Å². The van der Waals surface area contributed by atoms with Gasteiger partial charge in [-0.05, 0) is 99.1 Å². The number of fused-ring (bicyclic) bond motifs is 8. The first-order valence-electron chi connectivity index (χ1n) is 18.9. The Morgan fingerprint density at radius 2 is 1.24 bits per heavy atom. The van der Waals surface area contributed by atoms with Crippen LogP contribution in [0.15, 0.2) is 199 Å². The van der Waals surface area contributed by atoms with Crippen LogP contribution in [0.5, 0.6) is 0 Å². The topological polar surface area (TPSA) is 16.4 Å². The molecule has 0 saturated heterocycles. The van der Waals surface area contributed by atoms with E-state index in [2.05, 4.69) is 193 Å². The van der Waals surface area contributed by atoms with Crippen LogP contribution in [0.2, 0.25) is 0 Å². The molecule has 0 N–H and O–H groups in total. The Labute approximate surface area is 323 Å². The molecule has 0 fully saturated rings. The van der Waals surface area contributed by atoms with Crippen LogP contribution < -0.4 is 4.90 Å². The number of nitrogens with zero attached hydrogens (tertiary/aromatic N) is 1. The maximum absolute atomic E-state index is 6.24. The molecule has 0 saturated carbocycles. The Morgan fingerprint density at radius 3 is 2.11 bits per heavy atom. The van der Waals surface area contributed by atoms with Crippen LogP contribution in [-0.4, -0.2) is 6.04 Å². The number of hydrogen-bond acceptors (Lipinski definition) is 3. The molecule has 260 valence electrons. The van der Waals surface area contributed by atoms with Gasteiger partial charge in [-0.2, -0.15) is 0 Å². The van der Waals surface area contributed by atoms with Gasteiger partial charge in [0.1, 0.15) is 11.2 Å². The normalized spacial score (nSPS) is 14.3. The molecular weight excluding hydrogens is 687 g/mol. The maximum atomic E-state index is 6.24. The molecule has 1 unspecified atom stereocenters. The first-order chi connectivity index (χ1) is 27.2. The van der Waals surface area contributed by atoms with E-state index in [4.69, 9.17) is 4.42 Å². The first-order valence-corrected chi connectivity index (χ1v) is 19.7. The molecule has 2 heterocycles. The molecule has 0 aliphatic heterocycles. The zero-order valence-electron chi connectivity index (χ0n) is 30.0. The highest BCUT2D eigenvalue weighted by molar-refractivity contribution is 7.26. The second kappa shape index (κ2) is 13.0. The number of rotatable bonds is 6. The summed E-state index contributed by atoms with van der Waals surface area (Å²) in [5, 5.41) is 7.43. The predicted octanol–water partition coefficient (Wildman–Crippen LogP) is 15.0. The van der Waals surface area contributed by atoms with Crippen molar-refractivity contribution in [2.45, 2.75) is 12.5 Å². The van der Waals surface area contributed by atoms with E-state index in [0.29, 0.717) is 0 Å². The number of allylic oxidation sites excluding steroid dienone is 2. The summed E-state index contributed by atoms with van der Waals surface area (Å²) in [6.45, 7) is 0. The van der Waals surface area contributed by atoms with Crippen molar-refractivity contribution >= 4 is 81.2 Å². The molecule has 2 nitrogen and oxygen atoms in total. The van der Waals surface area contributed by atoms with E-state index in [-0.39, 0.29) is 6.04 Å². The van der Waals surface area contributed by atoms with E-state index in [0.717, 1.165) is 23.0 Å². The SMILES string of the molecule is C1=CC(N(c2ccc(-c3ccccc3)cc2)c2cccc(-c3cccc4c3sc3ccccc34)c2)CC=C1c1ccc2ccc3oc4ccccc4c3c2c1. The van der Waals surface area contributed by atoms with Gasteiger partial charge in [-0.1, -0.05) is 146 Å². The summed E-state index contributed by atoms with van der Waals surface area (Å²) in [4.78, 5) is 2.51. The summed E-state index contributed by atoms with van der Waals surface area (Å²) in [6.07, 6.45) is 7.99. The molecule has 10 aromatic rings. The quantitative estimate of drug-likeness (QED) is 0.170. The van der Waals surface area contributed by atoms with E-state index in [1.165, 1.54) is 81.1 Å². The van der Waals surface area contributed by atoms with Gasteiger partial charge in [-0.15, -0.1) is 11.3 Å². The highest BCUT2D eigenvalue weighted by atomic mass is 32.1. The Morgan fingerprint density at radius 1 is 0.509 bits per heavy atom. The summed E-state index contributed by atoms with van der Waals surface area (Å²) < 4.78 is 8.90. The fraction of sp³-hybridized carbons (Fsp3) is 0.0385. The summed E-state index contributed by atoms with van der Waals surface area (Å²) in [5.74, 6) is 0. The lowest BCUT2D eigenvalue weighted by molar-refractivity contribution is 0.669. The standard InChI is InChI=1S/C52H35NOS/c1-2-10-34(11-3-1)35-22-27-40(28-23-35)53(42-13-8-12-39(32-42)43-16-9-17-45-44-14-5-7-19-50(44)55-52(43)45)41-29-24-36(25-30-41)38-21-20-37-26-31-49-51(47(37)33-38)46-15-4-6-18-48(46)54-49/h1-29,31-33,41H,30H2. The zero-order valence-corrected chi connectivity index (χ0v) is 30.8. The number of thiophene rings is 1. The van der Waals surface area contributed by atoms with Crippen LogP contribution >= 0.6 is 11.3 Å². The number of hydrogen-bond donors (Lipinski definition) is 0. The Hall–Kier alpha value is -6.68. The van der Waals surface area contributed by atoms with Gasteiger partial charge in [-0.3, -0.25) is 0 Å². The van der Waals surface area contributed by atoms with Crippen molar-refractivity contribution in [1.29, 1.82) is 0 Å². The Balaban J connectivity index is 0.984. The fourth-order valence-electron chi connectivity index (χ4n) is 8.51. The highest BCUT2D eigenvalue weighted by Crippen LogP contribution is 2.42. The van der Waals surface area contributed by atoms with Crippen molar-refractivity contribution in [3.8, 4) is 22.3 Å². The Kier molecular flexibility index (Phi) is 7.53. The van der Waals surface area contributed by atoms with E-state index in [1.807, 2.05) is 17.4 Å². The van der Waals surface area contributed by atoms with Gasteiger partial charge < -0.3 is 9.32 Å². The van der Waals surface area contributed by atoms with Gasteiger partial charge in [-0.25, -0.2) is 0 Å². The van der Waals surface area contributed by atoms with Crippen LogP contribution in [0.1, 0.15) is 12.0 Å². The zero-order chi connectivity index (χ0) is 36.3. The summed E-state index contributed by atoms with van der Waals surface area (Å²) in [7, 11) is 0. The third kappa shape index (κ3) is 5.47. The van der Waals surface area contributed by atoms with Gasteiger partial charge in [0.05, 0.1) is 6.04 Å². The predicted molar refractivity (Wildman–Crippen MR) is 236 cm³/mol. The van der Waals surface area contributed by atoms with Gasteiger partial charge in [0.2, 0.25) is 0 Å². The molecule has 0 spiro atoms. The average molecular weight is 722 g/mol. The first kappa shape index (κ1) is 31.8. The number of furan rings is 1. The smallest absolute Gasteiger partial charge is 0.136 e.